The Balaban J connectivity index is 3.29. The number of carboxylic acids is 1. The molecular weight excluding hydrogens is 250 g/mol. The van der Waals surface area contributed by atoms with Gasteiger partial charge in [0.25, 0.3) is 0 Å². The molecule has 2 atom stereocenters. The Bertz CT molecular complexity index is 462. The van der Waals surface area contributed by atoms with Crippen molar-refractivity contribution in [3.05, 3.63) is 34.3 Å². The number of hydrogen-bond donors (Lipinski definition) is 4. The molecule has 0 aliphatic carbocycles. The number of rotatable bonds is 4. The molecule has 0 fully saturated rings. The average Bonchev–Trinajstić information content (AvgIpc) is 2.26. The smallest absolute Gasteiger partial charge is 0.336 e. The summed E-state index contributed by atoms with van der Waals surface area (Å²) in [7, 11) is 0. The van der Waals surface area contributed by atoms with Crippen LogP contribution in [0.1, 0.15) is 22.0 Å². The van der Waals surface area contributed by atoms with E-state index in [-0.39, 0.29) is 16.1 Å². The Morgan fingerprint density at radius 1 is 1.29 bits per heavy atom. The lowest BCUT2D eigenvalue weighted by Crippen LogP contribution is -2.34. The summed E-state index contributed by atoms with van der Waals surface area (Å²) in [6.07, 6.45) is -3.71. The van der Waals surface area contributed by atoms with Crippen molar-refractivity contribution >= 4 is 23.5 Å². The maximum atomic E-state index is 10.9. The number of amides is 1. The lowest BCUT2D eigenvalue weighted by Gasteiger charge is -2.18. The van der Waals surface area contributed by atoms with Crippen molar-refractivity contribution in [1.29, 1.82) is 0 Å². The van der Waals surface area contributed by atoms with Gasteiger partial charge in [-0.2, -0.15) is 0 Å². The number of aliphatic hydroxyl groups is 2. The summed E-state index contributed by atoms with van der Waals surface area (Å²) in [5.41, 5.74) is 4.27. The molecule has 0 spiro atoms. The van der Waals surface area contributed by atoms with Crippen molar-refractivity contribution in [3.8, 4) is 0 Å². The van der Waals surface area contributed by atoms with Gasteiger partial charge in [-0.05, 0) is 12.1 Å². The molecule has 1 aromatic rings. The molecule has 0 bridgehead atoms. The van der Waals surface area contributed by atoms with Crippen molar-refractivity contribution in [3.63, 3.8) is 0 Å². The quantitative estimate of drug-likeness (QED) is 0.602. The van der Waals surface area contributed by atoms with Gasteiger partial charge in [-0.1, -0.05) is 17.7 Å². The summed E-state index contributed by atoms with van der Waals surface area (Å²) in [4.78, 5) is 21.6. The summed E-state index contributed by atoms with van der Waals surface area (Å²) < 4.78 is 0. The summed E-state index contributed by atoms with van der Waals surface area (Å²) >= 11 is 5.73. The number of aliphatic hydroxyl groups excluding tert-OH is 2. The van der Waals surface area contributed by atoms with Gasteiger partial charge in [-0.3, -0.25) is 4.79 Å². The maximum Gasteiger partial charge on any atom is 0.336 e. The van der Waals surface area contributed by atoms with E-state index in [0.717, 1.165) is 0 Å². The number of carbonyl (C=O) groups is 2. The molecule has 0 heterocycles. The van der Waals surface area contributed by atoms with Gasteiger partial charge in [0, 0.05) is 10.6 Å². The van der Waals surface area contributed by atoms with E-state index in [1.807, 2.05) is 0 Å². The molecule has 1 amide bonds. The van der Waals surface area contributed by atoms with Crippen LogP contribution in [-0.2, 0) is 4.79 Å². The highest BCUT2D eigenvalue weighted by molar-refractivity contribution is 6.32. The van der Waals surface area contributed by atoms with Gasteiger partial charge in [-0.25, -0.2) is 4.79 Å². The number of carboxylic acid groups (broad SMARTS) is 1. The molecule has 0 saturated heterocycles. The standard InChI is InChI=1S/C10H10ClNO5/c11-5-3-1-2-4(10(16)17)6(5)7(13)8(14)9(12)15/h1-3,7-8,13-14H,(H2,12,15)(H,16,17). The van der Waals surface area contributed by atoms with Crippen LogP contribution in [0.15, 0.2) is 18.2 Å². The third-order valence-electron chi connectivity index (χ3n) is 2.17. The van der Waals surface area contributed by atoms with Crippen LogP contribution in [0.4, 0.5) is 0 Å². The van der Waals surface area contributed by atoms with Crippen LogP contribution in [0.2, 0.25) is 5.02 Å². The van der Waals surface area contributed by atoms with Crippen LogP contribution in [0.25, 0.3) is 0 Å². The average molecular weight is 260 g/mol. The zero-order chi connectivity index (χ0) is 13.2. The molecule has 1 aromatic carbocycles. The van der Waals surface area contributed by atoms with Gasteiger partial charge in [-0.15, -0.1) is 0 Å². The maximum absolute atomic E-state index is 10.9. The van der Waals surface area contributed by atoms with Crippen molar-refractivity contribution in [2.24, 2.45) is 5.73 Å². The third-order valence-corrected chi connectivity index (χ3v) is 2.50. The highest BCUT2D eigenvalue weighted by Gasteiger charge is 2.29. The number of nitrogens with two attached hydrogens (primary N) is 1. The van der Waals surface area contributed by atoms with Crippen LogP contribution in [-0.4, -0.2) is 33.3 Å². The second-order valence-electron chi connectivity index (χ2n) is 3.30. The van der Waals surface area contributed by atoms with Crippen LogP contribution in [0.5, 0.6) is 0 Å². The summed E-state index contributed by atoms with van der Waals surface area (Å²) in [6, 6.07) is 3.90. The van der Waals surface area contributed by atoms with Crippen LogP contribution >= 0.6 is 11.6 Å². The number of hydrogen-bond acceptors (Lipinski definition) is 4. The Kier molecular flexibility index (Phi) is 4.06. The lowest BCUT2D eigenvalue weighted by molar-refractivity contribution is -0.132. The fourth-order valence-corrected chi connectivity index (χ4v) is 1.62. The van der Waals surface area contributed by atoms with Gasteiger partial charge in [0.1, 0.15) is 6.10 Å². The van der Waals surface area contributed by atoms with Crippen LogP contribution in [0, 0.1) is 0 Å². The molecule has 0 aliphatic heterocycles. The van der Waals surface area contributed by atoms with E-state index in [2.05, 4.69) is 0 Å². The van der Waals surface area contributed by atoms with E-state index in [0.29, 0.717) is 0 Å². The fourth-order valence-electron chi connectivity index (χ4n) is 1.34. The molecule has 0 saturated carbocycles. The summed E-state index contributed by atoms with van der Waals surface area (Å²) in [5.74, 6) is -2.51. The SMILES string of the molecule is NC(=O)C(O)C(O)c1c(Cl)cccc1C(=O)O. The number of aromatic carboxylic acids is 1. The molecule has 0 aromatic heterocycles. The lowest BCUT2D eigenvalue weighted by atomic mass is 9.98. The van der Waals surface area contributed by atoms with E-state index in [9.17, 15) is 19.8 Å². The van der Waals surface area contributed by atoms with Gasteiger partial charge in [0.05, 0.1) is 5.56 Å². The van der Waals surface area contributed by atoms with Crippen molar-refractivity contribution in [1.82, 2.24) is 0 Å². The molecule has 92 valence electrons. The Labute approximate surface area is 101 Å². The zero-order valence-electron chi connectivity index (χ0n) is 8.50. The molecule has 2 unspecified atom stereocenters. The van der Waals surface area contributed by atoms with Crippen molar-refractivity contribution < 1.29 is 24.9 Å². The first-order valence-electron chi connectivity index (χ1n) is 4.53. The third kappa shape index (κ3) is 2.73. The molecule has 0 radical (unpaired) electrons. The molecular formula is C10H10ClNO5. The highest BCUT2D eigenvalue weighted by Crippen LogP contribution is 2.28. The molecule has 17 heavy (non-hydrogen) atoms. The minimum absolute atomic E-state index is 0.0716. The topological polar surface area (TPSA) is 121 Å². The fraction of sp³-hybridized carbons (Fsp3) is 0.200. The number of primary amides is 1. The molecule has 6 nitrogen and oxygen atoms in total. The Hall–Kier alpha value is -1.63. The van der Waals surface area contributed by atoms with Crippen LogP contribution < -0.4 is 5.73 Å². The molecule has 0 aliphatic rings. The van der Waals surface area contributed by atoms with E-state index in [1.165, 1.54) is 18.2 Å². The normalized spacial score (nSPS) is 14.1. The zero-order valence-corrected chi connectivity index (χ0v) is 9.26. The first kappa shape index (κ1) is 13.4. The number of carbonyl (C=O) groups excluding carboxylic acids is 1. The second kappa shape index (κ2) is 5.13. The minimum Gasteiger partial charge on any atom is -0.478 e. The van der Waals surface area contributed by atoms with Crippen molar-refractivity contribution in [2.45, 2.75) is 12.2 Å². The van der Waals surface area contributed by atoms with Gasteiger partial charge < -0.3 is 21.1 Å². The minimum atomic E-state index is -1.92. The van der Waals surface area contributed by atoms with Gasteiger partial charge >= 0.3 is 5.97 Å². The Morgan fingerprint density at radius 3 is 2.35 bits per heavy atom. The predicted octanol–water partition coefficient (Wildman–Crippen LogP) is -0.0822. The van der Waals surface area contributed by atoms with E-state index >= 15 is 0 Å². The molecule has 5 N–H and O–H groups in total. The first-order valence-corrected chi connectivity index (χ1v) is 4.91. The van der Waals surface area contributed by atoms with E-state index in [4.69, 9.17) is 22.4 Å². The van der Waals surface area contributed by atoms with Gasteiger partial charge in [0.15, 0.2) is 6.10 Å². The monoisotopic (exact) mass is 259 g/mol. The largest absolute Gasteiger partial charge is 0.478 e. The molecule has 1 rings (SSSR count). The van der Waals surface area contributed by atoms with Gasteiger partial charge in [0.2, 0.25) is 5.91 Å². The number of benzene rings is 1. The van der Waals surface area contributed by atoms with E-state index in [1.54, 1.807) is 0 Å². The van der Waals surface area contributed by atoms with Crippen molar-refractivity contribution in [2.75, 3.05) is 0 Å². The molecule has 7 heteroatoms. The second-order valence-corrected chi connectivity index (χ2v) is 3.71. The van der Waals surface area contributed by atoms with E-state index < -0.39 is 24.1 Å². The Morgan fingerprint density at radius 2 is 1.88 bits per heavy atom. The number of halogens is 1. The summed E-state index contributed by atoms with van der Waals surface area (Å²) in [5, 5.41) is 27.8. The highest BCUT2D eigenvalue weighted by atomic mass is 35.5. The first-order chi connectivity index (χ1) is 7.86. The summed E-state index contributed by atoms with van der Waals surface area (Å²) in [6.45, 7) is 0. The van der Waals surface area contributed by atoms with Crippen LogP contribution in [0.3, 0.4) is 0 Å². The predicted molar refractivity (Wildman–Crippen MR) is 58.6 cm³/mol.